The summed E-state index contributed by atoms with van der Waals surface area (Å²) in [6, 6.07) is 9.67. The minimum Gasteiger partial charge on any atom is -0.208 e. The fraction of sp³-hybridized carbons (Fsp3) is 0.0625. The molecule has 1 aromatic carbocycles. The van der Waals surface area contributed by atoms with Crippen molar-refractivity contribution in [3.63, 3.8) is 0 Å². The zero-order valence-corrected chi connectivity index (χ0v) is 11.9. The molecule has 0 aliphatic rings. The van der Waals surface area contributed by atoms with Crippen LogP contribution in [0, 0.1) is 0 Å². The lowest BCUT2D eigenvalue weighted by molar-refractivity contribution is 1.03. The SMILES string of the molecule is C=C/C=C\C(=C/C)c1nc(Cl)nc(-c2ccccc2)n1. The second-order valence-corrected chi connectivity index (χ2v) is 4.29. The van der Waals surface area contributed by atoms with E-state index in [1.54, 1.807) is 6.08 Å². The third-order valence-electron chi connectivity index (χ3n) is 2.62. The van der Waals surface area contributed by atoms with Crippen LogP contribution in [0.4, 0.5) is 0 Å². The van der Waals surface area contributed by atoms with Gasteiger partial charge in [-0.1, -0.05) is 61.2 Å². The van der Waals surface area contributed by atoms with Crippen LogP contribution in [-0.2, 0) is 0 Å². The number of aromatic nitrogens is 3. The Hall–Kier alpha value is -2.26. The van der Waals surface area contributed by atoms with Crippen LogP contribution < -0.4 is 0 Å². The fourth-order valence-electron chi connectivity index (χ4n) is 1.67. The molecule has 0 aliphatic carbocycles. The molecular formula is C16H14ClN3. The van der Waals surface area contributed by atoms with Gasteiger partial charge in [-0.2, -0.15) is 9.97 Å². The van der Waals surface area contributed by atoms with E-state index in [1.165, 1.54) is 0 Å². The quantitative estimate of drug-likeness (QED) is 0.784. The molecule has 0 spiro atoms. The first kappa shape index (κ1) is 14.2. The zero-order valence-electron chi connectivity index (χ0n) is 11.1. The van der Waals surface area contributed by atoms with Crippen molar-refractivity contribution >= 4 is 17.2 Å². The van der Waals surface area contributed by atoms with E-state index in [4.69, 9.17) is 11.6 Å². The van der Waals surface area contributed by atoms with E-state index in [9.17, 15) is 0 Å². The van der Waals surface area contributed by atoms with Gasteiger partial charge < -0.3 is 0 Å². The number of hydrogen-bond donors (Lipinski definition) is 0. The van der Waals surface area contributed by atoms with Crippen molar-refractivity contribution in [3.8, 4) is 11.4 Å². The summed E-state index contributed by atoms with van der Waals surface area (Å²) in [4.78, 5) is 12.8. The first-order valence-electron chi connectivity index (χ1n) is 6.17. The minimum atomic E-state index is 0.181. The molecule has 3 nitrogen and oxygen atoms in total. The van der Waals surface area contributed by atoms with Crippen LogP contribution in [0.15, 0.2) is 61.2 Å². The van der Waals surface area contributed by atoms with E-state index < -0.39 is 0 Å². The van der Waals surface area contributed by atoms with Crippen LogP contribution in [0.5, 0.6) is 0 Å². The van der Waals surface area contributed by atoms with Gasteiger partial charge in [0.15, 0.2) is 11.6 Å². The molecule has 0 saturated carbocycles. The molecule has 0 aliphatic heterocycles. The normalized spacial score (nSPS) is 11.8. The number of allylic oxidation sites excluding steroid dienone is 5. The monoisotopic (exact) mass is 283 g/mol. The van der Waals surface area contributed by atoms with Crippen LogP contribution in [0.25, 0.3) is 17.0 Å². The first-order valence-corrected chi connectivity index (χ1v) is 6.55. The molecule has 0 radical (unpaired) electrons. The maximum atomic E-state index is 6.00. The number of hydrogen-bond acceptors (Lipinski definition) is 3. The van der Waals surface area contributed by atoms with Gasteiger partial charge >= 0.3 is 0 Å². The Labute approximate surface area is 123 Å². The van der Waals surface area contributed by atoms with E-state index in [2.05, 4.69) is 21.5 Å². The Morgan fingerprint density at radius 1 is 1.15 bits per heavy atom. The van der Waals surface area contributed by atoms with E-state index in [1.807, 2.05) is 55.5 Å². The second kappa shape index (κ2) is 6.78. The summed E-state index contributed by atoms with van der Waals surface area (Å²) >= 11 is 6.00. The molecule has 2 aromatic rings. The van der Waals surface area contributed by atoms with Crippen molar-refractivity contribution in [2.45, 2.75) is 6.92 Å². The maximum absolute atomic E-state index is 6.00. The summed E-state index contributed by atoms with van der Waals surface area (Å²) in [5, 5.41) is 0.181. The molecule has 1 heterocycles. The number of rotatable bonds is 4. The van der Waals surface area contributed by atoms with Crippen molar-refractivity contribution in [3.05, 3.63) is 72.3 Å². The topological polar surface area (TPSA) is 38.7 Å². The van der Waals surface area contributed by atoms with Gasteiger partial charge in [-0.15, -0.1) is 0 Å². The predicted octanol–water partition coefficient (Wildman–Crippen LogP) is 4.34. The lowest BCUT2D eigenvalue weighted by atomic mass is 10.2. The Morgan fingerprint density at radius 3 is 2.55 bits per heavy atom. The summed E-state index contributed by atoms with van der Waals surface area (Å²) in [6.45, 7) is 5.57. The highest BCUT2D eigenvalue weighted by Gasteiger charge is 2.08. The summed E-state index contributed by atoms with van der Waals surface area (Å²) in [5.74, 6) is 1.11. The summed E-state index contributed by atoms with van der Waals surface area (Å²) in [7, 11) is 0. The molecule has 0 bridgehead atoms. The lowest BCUT2D eigenvalue weighted by Crippen LogP contribution is -1.99. The van der Waals surface area contributed by atoms with Gasteiger partial charge in [-0.05, 0) is 18.5 Å². The van der Waals surface area contributed by atoms with Gasteiger partial charge in [0.25, 0.3) is 0 Å². The Morgan fingerprint density at radius 2 is 1.90 bits per heavy atom. The highest BCUT2D eigenvalue weighted by molar-refractivity contribution is 6.28. The minimum absolute atomic E-state index is 0.181. The number of nitrogens with zero attached hydrogens (tertiary/aromatic N) is 3. The summed E-state index contributed by atoms with van der Waals surface area (Å²) in [5.41, 5.74) is 1.77. The van der Waals surface area contributed by atoms with Crippen molar-refractivity contribution < 1.29 is 0 Å². The molecule has 4 heteroatoms. The first-order chi connectivity index (χ1) is 9.74. The van der Waals surface area contributed by atoms with E-state index in [-0.39, 0.29) is 5.28 Å². The molecule has 0 saturated heterocycles. The highest BCUT2D eigenvalue weighted by atomic mass is 35.5. The molecular weight excluding hydrogens is 270 g/mol. The van der Waals surface area contributed by atoms with Gasteiger partial charge in [0.2, 0.25) is 5.28 Å². The average molecular weight is 284 g/mol. The largest absolute Gasteiger partial charge is 0.226 e. The number of halogens is 1. The van der Waals surface area contributed by atoms with Crippen molar-refractivity contribution in [1.82, 2.24) is 15.0 Å². The average Bonchev–Trinajstić information content (AvgIpc) is 2.48. The standard InChI is InChI=1S/C16H14ClN3/c1-3-5-9-12(4-2)14-18-15(20-16(17)19-14)13-10-7-6-8-11-13/h3-11H,1H2,2H3/b9-5-,12-4+. The van der Waals surface area contributed by atoms with Crippen molar-refractivity contribution in [1.29, 1.82) is 0 Å². The smallest absolute Gasteiger partial charge is 0.208 e. The van der Waals surface area contributed by atoms with Crippen molar-refractivity contribution in [2.24, 2.45) is 0 Å². The van der Waals surface area contributed by atoms with Crippen LogP contribution in [0.1, 0.15) is 12.7 Å². The Bertz CT molecular complexity index is 661. The van der Waals surface area contributed by atoms with Crippen LogP contribution in [0.3, 0.4) is 0 Å². The number of benzene rings is 1. The van der Waals surface area contributed by atoms with Gasteiger partial charge in [0, 0.05) is 11.1 Å². The molecule has 0 atom stereocenters. The Balaban J connectivity index is 2.49. The molecule has 0 unspecified atom stereocenters. The lowest BCUT2D eigenvalue weighted by Gasteiger charge is -2.05. The highest BCUT2D eigenvalue weighted by Crippen LogP contribution is 2.19. The maximum Gasteiger partial charge on any atom is 0.226 e. The Kier molecular flexibility index (Phi) is 4.80. The second-order valence-electron chi connectivity index (χ2n) is 3.96. The van der Waals surface area contributed by atoms with Crippen LogP contribution >= 0.6 is 11.6 Å². The van der Waals surface area contributed by atoms with Gasteiger partial charge in [-0.3, -0.25) is 0 Å². The third-order valence-corrected chi connectivity index (χ3v) is 2.79. The van der Waals surface area contributed by atoms with Crippen LogP contribution in [-0.4, -0.2) is 15.0 Å². The summed E-state index contributed by atoms with van der Waals surface area (Å²) in [6.07, 6.45) is 7.33. The summed E-state index contributed by atoms with van der Waals surface area (Å²) < 4.78 is 0. The van der Waals surface area contributed by atoms with Gasteiger partial charge in [0.1, 0.15) is 0 Å². The molecule has 0 fully saturated rings. The zero-order chi connectivity index (χ0) is 14.4. The van der Waals surface area contributed by atoms with Crippen LogP contribution in [0.2, 0.25) is 5.28 Å². The molecule has 1 aromatic heterocycles. The van der Waals surface area contributed by atoms with Crippen molar-refractivity contribution in [2.75, 3.05) is 0 Å². The molecule has 100 valence electrons. The van der Waals surface area contributed by atoms with E-state index in [0.717, 1.165) is 11.1 Å². The van der Waals surface area contributed by atoms with Gasteiger partial charge in [-0.25, -0.2) is 4.98 Å². The van der Waals surface area contributed by atoms with E-state index in [0.29, 0.717) is 11.6 Å². The third kappa shape index (κ3) is 3.39. The van der Waals surface area contributed by atoms with Gasteiger partial charge in [0.05, 0.1) is 0 Å². The molecule has 2 rings (SSSR count). The molecule has 0 N–H and O–H groups in total. The molecule has 20 heavy (non-hydrogen) atoms. The molecule has 0 amide bonds. The fourth-order valence-corrected chi connectivity index (χ4v) is 1.83. The predicted molar refractivity (Wildman–Crippen MR) is 83.3 cm³/mol. The van der Waals surface area contributed by atoms with E-state index >= 15 is 0 Å².